The number of aliphatic hydroxyl groups is 7. The summed E-state index contributed by atoms with van der Waals surface area (Å²) in [6, 6.07) is 7.23. The first kappa shape index (κ1) is 46.6. The quantitative estimate of drug-likeness (QED) is 0.166. The number of rotatable bonds is 9. The Kier molecular flexibility index (Phi) is 13.2. The van der Waals surface area contributed by atoms with Gasteiger partial charge in [0.15, 0.2) is 25.2 Å². The van der Waals surface area contributed by atoms with Crippen LogP contribution in [0.5, 0.6) is 5.75 Å². The third-order valence-electron chi connectivity index (χ3n) is 18.1. The molecule has 4 aliphatic carbocycles. The summed E-state index contributed by atoms with van der Waals surface area (Å²) in [6.45, 7) is 9.72. The summed E-state index contributed by atoms with van der Waals surface area (Å²) in [5.74, 6) is 0.621. The summed E-state index contributed by atoms with van der Waals surface area (Å²) in [7, 11) is 0. The van der Waals surface area contributed by atoms with E-state index in [0.29, 0.717) is 31.6 Å². The highest BCUT2D eigenvalue weighted by molar-refractivity contribution is 5.33. The molecule has 15 heteroatoms. The van der Waals surface area contributed by atoms with Crippen molar-refractivity contribution in [3.63, 3.8) is 0 Å². The van der Waals surface area contributed by atoms with Crippen molar-refractivity contribution in [2.45, 2.75) is 222 Å². The second-order valence-corrected chi connectivity index (χ2v) is 21.4. The number of phenols is 1. The summed E-state index contributed by atoms with van der Waals surface area (Å²) in [6.07, 6.45) is -3.73. The van der Waals surface area contributed by atoms with Crippen LogP contribution in [-0.4, -0.2) is 145 Å². The zero-order chi connectivity index (χ0) is 44.7. The Morgan fingerprint density at radius 2 is 1.25 bits per heavy atom. The first-order valence-electron chi connectivity index (χ1n) is 24.0. The minimum Gasteiger partial charge on any atom is -0.508 e. The summed E-state index contributed by atoms with van der Waals surface area (Å²) in [5.41, 5.74) is -1.14. The highest BCUT2D eigenvalue weighted by Gasteiger charge is 2.72. The van der Waals surface area contributed by atoms with Crippen molar-refractivity contribution in [1.29, 1.82) is 0 Å². The molecular weight excluding hydrogens is 817 g/mol. The van der Waals surface area contributed by atoms with Crippen LogP contribution in [-0.2, 0) is 39.6 Å². The molecule has 24 atom stereocenters. The minimum atomic E-state index is -1.05. The van der Waals surface area contributed by atoms with Gasteiger partial charge in [-0.05, 0) is 119 Å². The third kappa shape index (κ3) is 8.33. The lowest BCUT2D eigenvalue weighted by molar-refractivity contribution is -0.336. The average Bonchev–Trinajstić information content (AvgIpc) is 3.73. The van der Waals surface area contributed by atoms with E-state index in [0.717, 1.165) is 44.1 Å². The number of ether oxygens (including phenoxy) is 7. The van der Waals surface area contributed by atoms with Gasteiger partial charge in [0, 0.05) is 37.5 Å². The third-order valence-corrected chi connectivity index (χ3v) is 18.1. The second-order valence-electron chi connectivity index (χ2n) is 21.4. The summed E-state index contributed by atoms with van der Waals surface area (Å²) < 4.78 is 43.1. The van der Waals surface area contributed by atoms with Gasteiger partial charge in [0.2, 0.25) is 0 Å². The molecule has 4 saturated heterocycles. The monoisotopic (exact) mass is 891 g/mol. The van der Waals surface area contributed by atoms with E-state index in [4.69, 9.17) is 33.2 Å². The van der Waals surface area contributed by atoms with Gasteiger partial charge >= 0.3 is 0 Å². The zero-order valence-electron chi connectivity index (χ0n) is 37.6. The van der Waals surface area contributed by atoms with Crippen LogP contribution < -0.4 is 0 Å². The van der Waals surface area contributed by atoms with E-state index in [1.54, 1.807) is 26.0 Å². The maximum atomic E-state index is 13.0. The molecule has 8 N–H and O–H groups in total. The second kappa shape index (κ2) is 17.8. The van der Waals surface area contributed by atoms with Gasteiger partial charge in [0.05, 0.1) is 60.5 Å². The van der Waals surface area contributed by atoms with Crippen LogP contribution >= 0.6 is 0 Å². The largest absolute Gasteiger partial charge is 0.508 e. The van der Waals surface area contributed by atoms with Gasteiger partial charge in [0.25, 0.3) is 0 Å². The molecule has 4 aliphatic heterocycles. The smallest absolute Gasteiger partial charge is 0.161 e. The molecule has 0 aromatic heterocycles. The molecule has 4 heterocycles. The molecule has 0 amide bonds. The first-order chi connectivity index (χ1) is 29.9. The average molecular weight is 891 g/mol. The van der Waals surface area contributed by atoms with Gasteiger partial charge in [-0.2, -0.15) is 0 Å². The summed E-state index contributed by atoms with van der Waals surface area (Å²) in [5, 5.41) is 89.3. The number of benzene rings is 1. The number of aromatic hydroxyl groups is 1. The minimum absolute atomic E-state index is 0.0440. The van der Waals surface area contributed by atoms with E-state index in [1.165, 1.54) is 0 Å². The molecule has 63 heavy (non-hydrogen) atoms. The first-order valence-corrected chi connectivity index (χ1v) is 24.0. The fraction of sp³-hybridized carbons (Fsp3) is 0.875. The highest BCUT2D eigenvalue weighted by Crippen LogP contribution is 2.70. The van der Waals surface area contributed by atoms with Gasteiger partial charge in [-0.25, -0.2) is 0 Å². The SMILES string of the molecule is CC1O[C@@H](OC2C(C)O[C@H](OC3C(C)O[C@@H](O[C@H]4CC[C@@]5(C)[C@H](CC[C@@H]6[C@@H]5C[C@@H](O)[C@]5(C)[C@@H](C7CC(O)OC7Cc7ccccc7O)CC[C@]65O)C4)C[C@H]3O)C[C@H]2O)C[C@@H](O)C1O. The van der Waals surface area contributed by atoms with Crippen LogP contribution in [0, 0.1) is 40.4 Å². The fourth-order valence-corrected chi connectivity index (χ4v) is 14.6. The predicted molar refractivity (Wildman–Crippen MR) is 224 cm³/mol. The van der Waals surface area contributed by atoms with E-state index >= 15 is 0 Å². The van der Waals surface area contributed by atoms with Gasteiger partial charge in [-0.15, -0.1) is 0 Å². The predicted octanol–water partition coefficient (Wildman–Crippen LogP) is 3.41. The lowest BCUT2D eigenvalue weighted by atomic mass is 9.42. The maximum Gasteiger partial charge on any atom is 0.161 e. The number of phenolic OH excluding ortho intramolecular Hbond substituents is 1. The summed E-state index contributed by atoms with van der Waals surface area (Å²) >= 11 is 0. The van der Waals surface area contributed by atoms with E-state index in [9.17, 15) is 40.9 Å². The number of aliphatic hydroxyl groups excluding tert-OH is 6. The Hall–Kier alpha value is -1.54. The standard InChI is InChI=1S/C48H74O15/c1-23-43(55)34(50)20-41(57-23)62-45-25(3)59-42(22-36(45)52)63-44-24(2)58-40(21-35(44)51)60-28-12-14-46(4)27(17-28)10-11-31-32(46)19-38(53)47(5)30(13-15-48(31,47)56)29-18-39(54)61-37(29)16-26-8-6-7-9-33(26)49/h6-9,23-25,27-32,34-45,49-56H,10-22H2,1-5H3/t23?,24?,25?,27-,28+,29?,30-,31-,32+,34-,35-,36-,37?,38-,39?,40+,41+,42-,43?,44?,45?,46+,47+,48+/m1/s1. The maximum absolute atomic E-state index is 13.0. The van der Waals surface area contributed by atoms with Crippen LogP contribution in [0.15, 0.2) is 24.3 Å². The van der Waals surface area contributed by atoms with Crippen molar-refractivity contribution >= 4 is 0 Å². The Morgan fingerprint density at radius 1 is 0.635 bits per heavy atom. The van der Waals surface area contributed by atoms with Crippen LogP contribution in [0.25, 0.3) is 0 Å². The molecule has 9 unspecified atom stereocenters. The Bertz CT molecular complexity index is 1700. The normalized spacial score (nSPS) is 53.7. The van der Waals surface area contributed by atoms with E-state index in [2.05, 4.69) is 13.8 Å². The topological polar surface area (TPSA) is 226 Å². The van der Waals surface area contributed by atoms with Crippen LogP contribution in [0.2, 0.25) is 0 Å². The van der Waals surface area contributed by atoms with E-state index in [-0.39, 0.29) is 66.3 Å². The van der Waals surface area contributed by atoms with Crippen molar-refractivity contribution in [1.82, 2.24) is 0 Å². The Balaban J connectivity index is 0.786. The highest BCUT2D eigenvalue weighted by atomic mass is 16.7. The molecule has 15 nitrogen and oxygen atoms in total. The van der Waals surface area contributed by atoms with Gasteiger partial charge in [0.1, 0.15) is 24.1 Å². The van der Waals surface area contributed by atoms with Crippen molar-refractivity contribution in [3.05, 3.63) is 29.8 Å². The molecule has 8 fully saturated rings. The summed E-state index contributed by atoms with van der Waals surface area (Å²) in [4.78, 5) is 0. The lowest BCUT2D eigenvalue weighted by Crippen LogP contribution is -2.67. The molecule has 356 valence electrons. The molecule has 4 saturated carbocycles. The van der Waals surface area contributed by atoms with Crippen LogP contribution in [0.3, 0.4) is 0 Å². The number of hydrogen-bond donors (Lipinski definition) is 8. The molecule has 0 radical (unpaired) electrons. The van der Waals surface area contributed by atoms with Crippen molar-refractivity contribution in [2.24, 2.45) is 40.4 Å². The lowest BCUT2D eigenvalue weighted by Gasteiger charge is -2.65. The number of hydrogen-bond acceptors (Lipinski definition) is 15. The number of fused-ring (bicyclic) bond motifs is 5. The zero-order valence-corrected chi connectivity index (χ0v) is 37.6. The molecule has 1 aromatic rings. The van der Waals surface area contributed by atoms with Crippen molar-refractivity contribution < 1.29 is 74.0 Å². The molecule has 8 aliphatic rings. The molecule has 0 bridgehead atoms. The van der Waals surface area contributed by atoms with Crippen molar-refractivity contribution in [2.75, 3.05) is 0 Å². The Morgan fingerprint density at radius 3 is 1.89 bits per heavy atom. The molecular formula is C48H74O15. The molecule has 0 spiro atoms. The molecule has 9 rings (SSSR count). The fourth-order valence-electron chi connectivity index (χ4n) is 14.6. The van der Waals surface area contributed by atoms with Gasteiger partial charge in [-0.3, -0.25) is 0 Å². The van der Waals surface area contributed by atoms with E-state index in [1.807, 2.05) is 19.1 Å². The number of para-hydroxylation sites is 1. The van der Waals surface area contributed by atoms with Gasteiger partial charge < -0.3 is 74.0 Å². The van der Waals surface area contributed by atoms with Crippen molar-refractivity contribution in [3.8, 4) is 5.75 Å². The van der Waals surface area contributed by atoms with Crippen LogP contribution in [0.1, 0.15) is 117 Å². The van der Waals surface area contributed by atoms with Crippen LogP contribution in [0.4, 0.5) is 0 Å². The molecule has 1 aromatic carbocycles. The van der Waals surface area contributed by atoms with E-state index < -0.39 is 97.2 Å². The Labute approximate surface area is 371 Å². The van der Waals surface area contributed by atoms with Gasteiger partial charge in [-0.1, -0.05) is 32.0 Å².